The third-order valence-corrected chi connectivity index (χ3v) is 5.54. The van der Waals surface area contributed by atoms with Gasteiger partial charge in [0.1, 0.15) is 22.3 Å². The van der Waals surface area contributed by atoms with Crippen LogP contribution >= 0.6 is 11.8 Å². The topological polar surface area (TPSA) is 83.5 Å². The van der Waals surface area contributed by atoms with E-state index in [9.17, 15) is 14.9 Å². The van der Waals surface area contributed by atoms with Crippen molar-refractivity contribution in [2.45, 2.75) is 4.90 Å². The molecule has 0 unspecified atom stereocenters. The van der Waals surface area contributed by atoms with Gasteiger partial charge in [-0.2, -0.15) is 5.26 Å². The molecule has 0 radical (unpaired) electrons. The number of Topliss-reactive ketones (excluding diaryl/α,β-unsaturated/α-hetero) is 1. The van der Waals surface area contributed by atoms with E-state index in [0.717, 1.165) is 16.0 Å². The first-order valence-corrected chi connectivity index (χ1v) is 9.24. The molecule has 0 amide bonds. The Bertz CT molecular complexity index is 1140. The van der Waals surface area contributed by atoms with Crippen LogP contribution in [0.3, 0.4) is 0 Å². The molecule has 6 nitrogen and oxygen atoms in total. The Balaban J connectivity index is 1.50. The molecule has 0 atom stereocenters. The van der Waals surface area contributed by atoms with Gasteiger partial charge in [-0.25, -0.2) is 4.79 Å². The van der Waals surface area contributed by atoms with E-state index in [1.165, 1.54) is 11.8 Å². The van der Waals surface area contributed by atoms with Crippen LogP contribution in [0.25, 0.3) is 11.0 Å². The number of nitriles is 1. The molecule has 7 heteroatoms. The molecule has 1 aliphatic heterocycles. The molecule has 0 N–H and O–H groups in total. The standard InChI is InChI=1S/C21H14N2O4S/c1-23-15-7-3-5-9-19(15)28-20(23)14(11-22)16(24)12-26-21(25)18-10-13-6-2-4-8-17(13)27-18/h2-10H,12H2,1H3. The molecule has 4 rings (SSSR count). The zero-order valence-corrected chi connectivity index (χ0v) is 15.7. The number of anilines is 1. The summed E-state index contributed by atoms with van der Waals surface area (Å²) in [6, 6.07) is 18.3. The molecule has 1 aliphatic rings. The summed E-state index contributed by atoms with van der Waals surface area (Å²) in [6.07, 6.45) is 0. The number of para-hydroxylation sites is 2. The zero-order chi connectivity index (χ0) is 19.7. The second-order valence-corrected chi connectivity index (χ2v) is 7.10. The first-order valence-electron chi connectivity index (χ1n) is 8.42. The Morgan fingerprint density at radius 3 is 2.68 bits per heavy atom. The summed E-state index contributed by atoms with van der Waals surface area (Å²) in [7, 11) is 1.79. The van der Waals surface area contributed by atoms with Gasteiger partial charge in [0.25, 0.3) is 0 Å². The molecular weight excluding hydrogens is 376 g/mol. The molecule has 0 saturated heterocycles. The predicted molar refractivity (Wildman–Crippen MR) is 105 cm³/mol. The Morgan fingerprint density at radius 2 is 1.93 bits per heavy atom. The van der Waals surface area contributed by atoms with Crippen LogP contribution < -0.4 is 4.90 Å². The van der Waals surface area contributed by atoms with Crippen molar-refractivity contribution in [3.63, 3.8) is 0 Å². The normalized spacial score (nSPS) is 14.5. The van der Waals surface area contributed by atoms with Gasteiger partial charge in [0.2, 0.25) is 11.5 Å². The van der Waals surface area contributed by atoms with Crippen LogP contribution in [-0.2, 0) is 9.53 Å². The average Bonchev–Trinajstić information content (AvgIpc) is 3.29. The molecule has 28 heavy (non-hydrogen) atoms. The summed E-state index contributed by atoms with van der Waals surface area (Å²) in [4.78, 5) is 27.5. The van der Waals surface area contributed by atoms with Crippen LogP contribution in [0.15, 0.2) is 74.5 Å². The van der Waals surface area contributed by atoms with Crippen molar-refractivity contribution >= 4 is 40.2 Å². The fraction of sp³-hybridized carbons (Fsp3) is 0.0952. The Kier molecular flexibility index (Phi) is 4.63. The van der Waals surface area contributed by atoms with Crippen molar-refractivity contribution < 1.29 is 18.7 Å². The van der Waals surface area contributed by atoms with Gasteiger partial charge in [-0.1, -0.05) is 42.1 Å². The third-order valence-electron chi connectivity index (χ3n) is 4.30. The Hall–Kier alpha value is -3.50. The van der Waals surface area contributed by atoms with Crippen LogP contribution in [0.2, 0.25) is 0 Å². The van der Waals surface area contributed by atoms with Gasteiger partial charge in [0.05, 0.1) is 5.69 Å². The number of ether oxygens (including phenoxy) is 1. The lowest BCUT2D eigenvalue weighted by molar-refractivity contribution is -0.118. The van der Waals surface area contributed by atoms with Gasteiger partial charge in [0.15, 0.2) is 6.61 Å². The average molecular weight is 390 g/mol. The second kappa shape index (κ2) is 7.25. The van der Waals surface area contributed by atoms with E-state index >= 15 is 0 Å². The summed E-state index contributed by atoms with van der Waals surface area (Å²) in [5.74, 6) is -1.29. The van der Waals surface area contributed by atoms with Crippen molar-refractivity contribution in [2.24, 2.45) is 0 Å². The maximum Gasteiger partial charge on any atom is 0.374 e. The SMILES string of the molecule is CN1C(=C(C#N)C(=O)COC(=O)c2cc3ccccc3o2)Sc2ccccc21. The highest BCUT2D eigenvalue weighted by Crippen LogP contribution is 2.46. The molecule has 2 aromatic carbocycles. The van der Waals surface area contributed by atoms with Gasteiger partial charge in [-0.3, -0.25) is 4.79 Å². The lowest BCUT2D eigenvalue weighted by atomic mass is 10.2. The Morgan fingerprint density at radius 1 is 1.18 bits per heavy atom. The molecule has 138 valence electrons. The number of carbonyl (C=O) groups is 2. The minimum Gasteiger partial charge on any atom is -0.451 e. The summed E-state index contributed by atoms with van der Waals surface area (Å²) >= 11 is 1.34. The number of furan rings is 1. The van der Waals surface area contributed by atoms with Crippen LogP contribution in [0, 0.1) is 11.3 Å². The Labute approximate surface area is 165 Å². The van der Waals surface area contributed by atoms with Crippen molar-refractivity contribution in [3.05, 3.63) is 71.0 Å². The summed E-state index contributed by atoms with van der Waals surface area (Å²) in [5, 5.41) is 10.8. The highest BCUT2D eigenvalue weighted by Gasteiger charge is 2.28. The number of nitrogens with zero attached hydrogens (tertiary/aromatic N) is 2. The molecule has 0 saturated carbocycles. The number of fused-ring (bicyclic) bond motifs is 2. The minimum atomic E-state index is -0.748. The number of ketones is 1. The molecule has 0 aliphatic carbocycles. The van der Waals surface area contributed by atoms with Gasteiger partial charge in [-0.05, 0) is 24.3 Å². The predicted octanol–water partition coefficient (Wildman–Crippen LogP) is 4.14. The summed E-state index contributed by atoms with van der Waals surface area (Å²) in [6.45, 7) is -0.535. The maximum atomic E-state index is 12.5. The van der Waals surface area contributed by atoms with Crippen LogP contribution in [0.4, 0.5) is 5.69 Å². The lowest BCUT2D eigenvalue weighted by Gasteiger charge is -2.14. The number of hydrogen-bond acceptors (Lipinski definition) is 7. The van der Waals surface area contributed by atoms with Crippen LogP contribution in [0.1, 0.15) is 10.6 Å². The smallest absolute Gasteiger partial charge is 0.374 e. The van der Waals surface area contributed by atoms with Crippen LogP contribution in [-0.4, -0.2) is 25.4 Å². The number of hydrogen-bond donors (Lipinski definition) is 0. The van der Waals surface area contributed by atoms with Crippen molar-refractivity contribution in [1.29, 1.82) is 5.26 Å². The number of benzene rings is 2. The minimum absolute atomic E-state index is 0.0138. The van der Waals surface area contributed by atoms with Gasteiger partial charge < -0.3 is 14.1 Å². The fourth-order valence-electron chi connectivity index (χ4n) is 2.91. The molecule has 1 aromatic heterocycles. The number of carbonyl (C=O) groups excluding carboxylic acids is 2. The first-order chi connectivity index (χ1) is 13.6. The molecule has 2 heterocycles. The molecule has 0 spiro atoms. The van der Waals surface area contributed by atoms with E-state index in [1.807, 2.05) is 42.5 Å². The number of thioether (sulfide) groups is 1. The van der Waals surface area contributed by atoms with E-state index in [2.05, 4.69) is 0 Å². The van der Waals surface area contributed by atoms with E-state index in [1.54, 1.807) is 30.1 Å². The molecule has 0 fully saturated rings. The lowest BCUT2D eigenvalue weighted by Crippen LogP contribution is -2.19. The van der Waals surface area contributed by atoms with Crippen LogP contribution in [0.5, 0.6) is 0 Å². The zero-order valence-electron chi connectivity index (χ0n) is 14.8. The van der Waals surface area contributed by atoms with Gasteiger partial charge >= 0.3 is 5.97 Å². The highest BCUT2D eigenvalue weighted by atomic mass is 32.2. The first kappa shape index (κ1) is 17.9. The maximum absolute atomic E-state index is 12.5. The number of rotatable bonds is 4. The summed E-state index contributed by atoms with van der Waals surface area (Å²) in [5.41, 5.74) is 1.44. The van der Waals surface area contributed by atoms with E-state index in [-0.39, 0.29) is 11.3 Å². The van der Waals surface area contributed by atoms with Crippen molar-refractivity contribution in [3.8, 4) is 6.07 Å². The fourth-order valence-corrected chi connectivity index (χ4v) is 4.07. The van der Waals surface area contributed by atoms with E-state index in [0.29, 0.717) is 10.6 Å². The van der Waals surface area contributed by atoms with Crippen molar-refractivity contribution in [1.82, 2.24) is 0 Å². The molecular formula is C21H14N2O4S. The monoisotopic (exact) mass is 390 g/mol. The highest BCUT2D eigenvalue weighted by molar-refractivity contribution is 8.03. The third kappa shape index (κ3) is 3.15. The van der Waals surface area contributed by atoms with Crippen molar-refractivity contribution in [2.75, 3.05) is 18.6 Å². The molecule has 3 aromatic rings. The van der Waals surface area contributed by atoms with E-state index in [4.69, 9.17) is 9.15 Å². The quantitative estimate of drug-likeness (QED) is 0.376. The molecule has 0 bridgehead atoms. The van der Waals surface area contributed by atoms with Gasteiger partial charge in [0, 0.05) is 17.3 Å². The number of esters is 1. The van der Waals surface area contributed by atoms with Gasteiger partial charge in [-0.15, -0.1) is 0 Å². The van der Waals surface area contributed by atoms with E-state index < -0.39 is 18.4 Å². The largest absolute Gasteiger partial charge is 0.451 e. The summed E-state index contributed by atoms with van der Waals surface area (Å²) < 4.78 is 10.5. The second-order valence-electron chi connectivity index (χ2n) is 6.07.